The van der Waals surface area contributed by atoms with E-state index in [4.69, 9.17) is 5.73 Å². The molecule has 0 aromatic heterocycles. The highest BCUT2D eigenvalue weighted by Gasteiger charge is 2.12. The lowest BCUT2D eigenvalue weighted by atomic mass is 10.1. The summed E-state index contributed by atoms with van der Waals surface area (Å²) in [6.45, 7) is 2.27. The molecule has 98 valence electrons. The summed E-state index contributed by atoms with van der Waals surface area (Å²) in [5, 5.41) is 0. The largest absolute Gasteiger partial charge is 0.397 e. The van der Waals surface area contributed by atoms with Crippen LogP contribution in [0.2, 0.25) is 0 Å². The first-order valence-electron chi connectivity index (χ1n) is 7.14. The summed E-state index contributed by atoms with van der Waals surface area (Å²) >= 11 is 0. The highest BCUT2D eigenvalue weighted by Crippen LogP contribution is 2.18. The number of nitrogens with zero attached hydrogens (tertiary/aromatic N) is 1. The van der Waals surface area contributed by atoms with Crippen LogP contribution in [0.5, 0.6) is 0 Å². The van der Waals surface area contributed by atoms with Gasteiger partial charge in [0.1, 0.15) is 0 Å². The maximum atomic E-state index is 6.17. The van der Waals surface area contributed by atoms with E-state index in [1.165, 1.54) is 44.2 Å². The molecular formula is C16H24N2. The van der Waals surface area contributed by atoms with Crippen molar-refractivity contribution in [2.24, 2.45) is 5.73 Å². The molecule has 18 heavy (non-hydrogen) atoms. The summed E-state index contributed by atoms with van der Waals surface area (Å²) in [5.41, 5.74) is 8.25. The minimum Gasteiger partial charge on any atom is -0.397 e. The normalized spacial score (nSPS) is 22.1. The van der Waals surface area contributed by atoms with E-state index < -0.39 is 0 Å². The maximum Gasteiger partial charge on any atom is 0.0599 e. The Kier molecular flexibility index (Phi) is 5.13. The molecular weight excluding hydrogens is 220 g/mol. The first-order chi connectivity index (χ1) is 8.88. The van der Waals surface area contributed by atoms with E-state index in [0.29, 0.717) is 0 Å². The molecule has 2 nitrogen and oxygen atoms in total. The highest BCUT2D eigenvalue weighted by atomic mass is 15.1. The van der Waals surface area contributed by atoms with E-state index in [1.54, 1.807) is 0 Å². The topological polar surface area (TPSA) is 29.3 Å². The van der Waals surface area contributed by atoms with Gasteiger partial charge in [0, 0.05) is 13.1 Å². The van der Waals surface area contributed by atoms with Crippen LogP contribution in [-0.4, -0.2) is 18.0 Å². The lowest BCUT2D eigenvalue weighted by molar-refractivity contribution is 0.341. The Bertz CT molecular complexity index is 365. The highest BCUT2D eigenvalue weighted by molar-refractivity contribution is 5.36. The monoisotopic (exact) mass is 244 g/mol. The van der Waals surface area contributed by atoms with Gasteiger partial charge in [0.2, 0.25) is 0 Å². The van der Waals surface area contributed by atoms with Gasteiger partial charge in [-0.1, -0.05) is 50.0 Å². The molecule has 0 spiro atoms. The molecule has 0 amide bonds. The van der Waals surface area contributed by atoms with E-state index in [0.717, 1.165) is 18.8 Å². The average Bonchev–Trinajstić information content (AvgIpc) is 2.48. The fourth-order valence-electron chi connectivity index (χ4n) is 2.57. The van der Waals surface area contributed by atoms with Gasteiger partial charge in [-0.05, 0) is 25.0 Å². The van der Waals surface area contributed by atoms with Crippen LogP contribution in [0.1, 0.15) is 38.5 Å². The second kappa shape index (κ2) is 7.10. The number of hydrogen-bond donors (Lipinski definition) is 1. The summed E-state index contributed by atoms with van der Waals surface area (Å²) in [6, 6.07) is 0. The van der Waals surface area contributed by atoms with Gasteiger partial charge in [-0.15, -0.1) is 0 Å². The Morgan fingerprint density at radius 2 is 1.28 bits per heavy atom. The SMILES string of the molecule is NC1=CC=CC=CC=C1N1CCCCCCCC1. The third-order valence-corrected chi connectivity index (χ3v) is 3.61. The molecule has 0 saturated carbocycles. The van der Waals surface area contributed by atoms with Crippen molar-refractivity contribution in [2.45, 2.75) is 38.5 Å². The molecule has 0 aromatic rings. The van der Waals surface area contributed by atoms with Crippen molar-refractivity contribution in [3.8, 4) is 0 Å². The van der Waals surface area contributed by atoms with Crippen LogP contribution in [0, 0.1) is 0 Å². The molecule has 2 N–H and O–H groups in total. The summed E-state index contributed by atoms with van der Waals surface area (Å²) in [5.74, 6) is 0. The van der Waals surface area contributed by atoms with E-state index >= 15 is 0 Å². The van der Waals surface area contributed by atoms with Gasteiger partial charge < -0.3 is 10.6 Å². The average molecular weight is 244 g/mol. The fraction of sp³-hybridized carbons (Fsp3) is 0.500. The van der Waals surface area contributed by atoms with Gasteiger partial charge >= 0.3 is 0 Å². The third-order valence-electron chi connectivity index (χ3n) is 3.61. The standard InChI is InChI=1S/C16H24N2/c17-15-11-7-3-4-8-12-16(15)18-13-9-5-1-2-6-10-14-18/h3-4,7-8,11-12H,1-2,5-6,9-10,13-14,17H2. The lowest BCUT2D eigenvalue weighted by Gasteiger charge is -2.27. The Morgan fingerprint density at radius 3 is 1.94 bits per heavy atom. The van der Waals surface area contributed by atoms with Crippen LogP contribution >= 0.6 is 0 Å². The van der Waals surface area contributed by atoms with E-state index in [1.807, 2.05) is 18.2 Å². The van der Waals surface area contributed by atoms with Crippen LogP contribution in [0.15, 0.2) is 47.9 Å². The van der Waals surface area contributed by atoms with Crippen molar-refractivity contribution in [1.29, 1.82) is 0 Å². The van der Waals surface area contributed by atoms with E-state index in [2.05, 4.69) is 23.1 Å². The van der Waals surface area contributed by atoms with Gasteiger partial charge in [0.25, 0.3) is 0 Å². The molecule has 0 radical (unpaired) electrons. The third kappa shape index (κ3) is 3.80. The number of rotatable bonds is 1. The van der Waals surface area contributed by atoms with E-state index in [9.17, 15) is 0 Å². The van der Waals surface area contributed by atoms with Crippen LogP contribution in [0.25, 0.3) is 0 Å². The smallest absolute Gasteiger partial charge is 0.0599 e. The minimum atomic E-state index is 0.884. The molecule has 1 aliphatic carbocycles. The first-order valence-corrected chi connectivity index (χ1v) is 7.14. The lowest BCUT2D eigenvalue weighted by Crippen LogP contribution is -2.28. The molecule has 2 rings (SSSR count). The zero-order chi connectivity index (χ0) is 12.6. The molecule has 0 aromatic carbocycles. The Hall–Kier alpha value is -1.44. The minimum absolute atomic E-state index is 0.884. The van der Waals surface area contributed by atoms with Gasteiger partial charge in [0.15, 0.2) is 0 Å². The molecule has 2 aliphatic rings. The summed E-state index contributed by atoms with van der Waals surface area (Å²) in [4.78, 5) is 2.46. The van der Waals surface area contributed by atoms with E-state index in [-0.39, 0.29) is 0 Å². The van der Waals surface area contributed by atoms with Crippen molar-refractivity contribution < 1.29 is 0 Å². The Morgan fingerprint density at radius 1 is 0.722 bits per heavy atom. The zero-order valence-corrected chi connectivity index (χ0v) is 11.1. The predicted octanol–water partition coefficient (Wildman–Crippen LogP) is 3.50. The first kappa shape index (κ1) is 13.0. The molecule has 0 atom stereocenters. The van der Waals surface area contributed by atoms with Gasteiger partial charge in [-0.2, -0.15) is 0 Å². The molecule has 1 aliphatic heterocycles. The van der Waals surface area contributed by atoms with Gasteiger partial charge in [0.05, 0.1) is 11.4 Å². The molecule has 1 fully saturated rings. The molecule has 1 saturated heterocycles. The number of nitrogens with two attached hydrogens (primary N) is 1. The van der Waals surface area contributed by atoms with Crippen molar-refractivity contribution in [3.63, 3.8) is 0 Å². The van der Waals surface area contributed by atoms with Crippen LogP contribution in [0.4, 0.5) is 0 Å². The van der Waals surface area contributed by atoms with Crippen molar-refractivity contribution in [1.82, 2.24) is 4.90 Å². The molecule has 1 heterocycles. The van der Waals surface area contributed by atoms with Gasteiger partial charge in [-0.3, -0.25) is 0 Å². The van der Waals surface area contributed by atoms with Crippen molar-refractivity contribution >= 4 is 0 Å². The van der Waals surface area contributed by atoms with Crippen LogP contribution in [0.3, 0.4) is 0 Å². The zero-order valence-electron chi connectivity index (χ0n) is 11.1. The maximum absolute atomic E-state index is 6.17. The molecule has 2 heteroatoms. The summed E-state index contributed by atoms with van der Waals surface area (Å²) in [6.07, 6.45) is 20.4. The second-order valence-corrected chi connectivity index (χ2v) is 5.05. The van der Waals surface area contributed by atoms with Crippen molar-refractivity contribution in [3.05, 3.63) is 47.9 Å². The van der Waals surface area contributed by atoms with Crippen LogP contribution < -0.4 is 5.73 Å². The predicted molar refractivity (Wildman–Crippen MR) is 77.9 cm³/mol. The van der Waals surface area contributed by atoms with Crippen molar-refractivity contribution in [2.75, 3.05) is 13.1 Å². The number of hydrogen-bond acceptors (Lipinski definition) is 2. The quantitative estimate of drug-likeness (QED) is 0.765. The Labute approximate surface area is 111 Å². The summed E-state index contributed by atoms with van der Waals surface area (Å²) in [7, 11) is 0. The Balaban J connectivity index is 2.10. The molecule has 0 bridgehead atoms. The fourth-order valence-corrected chi connectivity index (χ4v) is 2.57. The number of allylic oxidation sites excluding steroid dienone is 6. The molecule has 0 unspecified atom stereocenters. The van der Waals surface area contributed by atoms with Crippen LogP contribution in [-0.2, 0) is 0 Å². The van der Waals surface area contributed by atoms with Gasteiger partial charge in [-0.25, -0.2) is 0 Å². The summed E-state index contributed by atoms with van der Waals surface area (Å²) < 4.78 is 0. The second-order valence-electron chi connectivity index (χ2n) is 5.05.